The molecular formula is C21H21NO6. The van der Waals surface area contributed by atoms with Crippen LogP contribution in [0.15, 0.2) is 30.3 Å². The van der Waals surface area contributed by atoms with Gasteiger partial charge in [-0.25, -0.2) is 0 Å². The van der Waals surface area contributed by atoms with Crippen molar-refractivity contribution in [2.75, 3.05) is 6.79 Å². The summed E-state index contributed by atoms with van der Waals surface area (Å²) >= 11 is 0. The number of carbonyl (C=O) groups is 1. The summed E-state index contributed by atoms with van der Waals surface area (Å²) in [5.74, 6) is 0.126. The van der Waals surface area contributed by atoms with E-state index in [0.29, 0.717) is 16.9 Å². The number of aryl methyl sites for hydroxylation is 2. The number of benzene rings is 2. The van der Waals surface area contributed by atoms with Gasteiger partial charge in [-0.3, -0.25) is 14.9 Å². The molecule has 1 heterocycles. The van der Waals surface area contributed by atoms with Crippen LogP contribution in [0.25, 0.3) is 0 Å². The van der Waals surface area contributed by atoms with Crippen molar-refractivity contribution >= 4 is 11.7 Å². The number of fused-ring (bicyclic) bond motifs is 2. The minimum Gasteiger partial charge on any atom is -0.467 e. The zero-order chi connectivity index (χ0) is 19.5. The lowest BCUT2D eigenvalue weighted by Gasteiger charge is -2.20. The van der Waals surface area contributed by atoms with Crippen LogP contribution in [-0.2, 0) is 46.7 Å². The van der Waals surface area contributed by atoms with E-state index in [2.05, 4.69) is 12.1 Å². The number of ether oxygens (including phenoxy) is 3. The topological polar surface area (TPSA) is 87.9 Å². The Morgan fingerprint density at radius 1 is 1.11 bits per heavy atom. The van der Waals surface area contributed by atoms with Gasteiger partial charge >= 0.3 is 5.97 Å². The van der Waals surface area contributed by atoms with Gasteiger partial charge in [0, 0.05) is 23.3 Å². The van der Waals surface area contributed by atoms with Crippen LogP contribution in [0, 0.1) is 10.1 Å². The first-order valence-electron chi connectivity index (χ1n) is 9.37. The Kier molecular flexibility index (Phi) is 5.25. The normalized spacial score (nSPS) is 15.1. The number of non-ortho nitro benzene ring substituents is 1. The SMILES string of the molecule is O=C(Cc1ccc2c(c1)CCCC2)OCc1cc([N+](=O)[O-])cc2c1OCOC2. The van der Waals surface area contributed by atoms with Crippen LogP contribution in [0.5, 0.6) is 5.75 Å². The van der Waals surface area contributed by atoms with Gasteiger partial charge in [0.05, 0.1) is 18.0 Å². The fourth-order valence-corrected chi connectivity index (χ4v) is 3.77. The Hall–Kier alpha value is -2.93. The van der Waals surface area contributed by atoms with Crippen LogP contribution in [-0.4, -0.2) is 17.7 Å². The van der Waals surface area contributed by atoms with Gasteiger partial charge in [-0.2, -0.15) is 0 Å². The minimum atomic E-state index is -0.479. The maximum Gasteiger partial charge on any atom is 0.310 e. The first-order valence-corrected chi connectivity index (χ1v) is 9.37. The second-order valence-corrected chi connectivity index (χ2v) is 7.11. The van der Waals surface area contributed by atoms with E-state index in [1.165, 1.54) is 36.1 Å². The fourth-order valence-electron chi connectivity index (χ4n) is 3.77. The van der Waals surface area contributed by atoms with Crippen LogP contribution < -0.4 is 4.74 Å². The van der Waals surface area contributed by atoms with E-state index in [9.17, 15) is 14.9 Å². The summed E-state index contributed by atoms with van der Waals surface area (Å²) in [4.78, 5) is 23.0. The molecule has 4 rings (SSSR count). The second-order valence-electron chi connectivity index (χ2n) is 7.11. The minimum absolute atomic E-state index is 0.0703. The van der Waals surface area contributed by atoms with Gasteiger partial charge in [0.25, 0.3) is 5.69 Å². The molecule has 0 atom stereocenters. The van der Waals surface area contributed by atoms with E-state index in [0.717, 1.165) is 18.4 Å². The van der Waals surface area contributed by atoms with Crippen molar-refractivity contribution in [3.63, 3.8) is 0 Å². The molecule has 0 saturated carbocycles. The Morgan fingerprint density at radius 3 is 2.75 bits per heavy atom. The van der Waals surface area contributed by atoms with Gasteiger partial charge in [0.15, 0.2) is 6.79 Å². The molecule has 0 saturated heterocycles. The average Bonchev–Trinajstić information content (AvgIpc) is 2.71. The molecule has 2 aromatic rings. The van der Waals surface area contributed by atoms with E-state index in [-0.39, 0.29) is 38.1 Å². The zero-order valence-corrected chi connectivity index (χ0v) is 15.4. The molecule has 0 unspecified atom stereocenters. The molecule has 0 fully saturated rings. The summed E-state index contributed by atoms with van der Waals surface area (Å²) in [5, 5.41) is 11.2. The van der Waals surface area contributed by atoms with Crippen molar-refractivity contribution in [1.29, 1.82) is 0 Å². The lowest BCUT2D eigenvalue weighted by Crippen LogP contribution is -2.15. The van der Waals surface area contributed by atoms with Crippen LogP contribution in [0.1, 0.15) is 40.7 Å². The highest BCUT2D eigenvalue weighted by Gasteiger charge is 2.22. The number of rotatable bonds is 5. The summed E-state index contributed by atoms with van der Waals surface area (Å²) < 4.78 is 16.0. The largest absolute Gasteiger partial charge is 0.467 e. The predicted octanol–water partition coefficient (Wildman–Crippen LogP) is 3.63. The number of esters is 1. The summed E-state index contributed by atoms with van der Waals surface area (Å²) in [7, 11) is 0. The lowest BCUT2D eigenvalue weighted by molar-refractivity contribution is -0.385. The van der Waals surface area contributed by atoms with Crippen molar-refractivity contribution in [2.45, 2.75) is 45.3 Å². The molecule has 0 bridgehead atoms. The van der Waals surface area contributed by atoms with E-state index in [4.69, 9.17) is 14.2 Å². The van der Waals surface area contributed by atoms with Crippen molar-refractivity contribution in [1.82, 2.24) is 0 Å². The molecule has 0 aromatic heterocycles. The molecule has 0 N–H and O–H groups in total. The monoisotopic (exact) mass is 383 g/mol. The van der Waals surface area contributed by atoms with Gasteiger partial charge < -0.3 is 14.2 Å². The first kappa shape index (κ1) is 18.4. The van der Waals surface area contributed by atoms with E-state index >= 15 is 0 Å². The lowest BCUT2D eigenvalue weighted by atomic mass is 9.90. The van der Waals surface area contributed by atoms with Crippen LogP contribution >= 0.6 is 0 Å². The Labute approximate surface area is 162 Å². The first-order chi connectivity index (χ1) is 13.6. The smallest absolute Gasteiger partial charge is 0.310 e. The molecule has 1 aliphatic heterocycles. The van der Waals surface area contributed by atoms with Crippen LogP contribution in [0.2, 0.25) is 0 Å². The van der Waals surface area contributed by atoms with Crippen molar-refractivity contribution in [3.05, 3.63) is 68.3 Å². The maximum atomic E-state index is 12.3. The maximum absolute atomic E-state index is 12.3. The molecule has 146 valence electrons. The predicted molar refractivity (Wildman–Crippen MR) is 100.0 cm³/mol. The van der Waals surface area contributed by atoms with Crippen molar-refractivity contribution in [3.8, 4) is 5.75 Å². The molecule has 0 radical (unpaired) electrons. The Balaban J connectivity index is 1.45. The third-order valence-electron chi connectivity index (χ3n) is 5.13. The van der Waals surface area contributed by atoms with E-state index in [1.807, 2.05) is 6.07 Å². The van der Waals surface area contributed by atoms with Gasteiger partial charge in [0.2, 0.25) is 0 Å². The number of carbonyl (C=O) groups excluding carboxylic acids is 1. The van der Waals surface area contributed by atoms with E-state index < -0.39 is 4.92 Å². The molecule has 0 spiro atoms. The molecule has 7 nitrogen and oxygen atoms in total. The zero-order valence-electron chi connectivity index (χ0n) is 15.4. The van der Waals surface area contributed by atoms with Gasteiger partial charge in [-0.05, 0) is 42.4 Å². The highest BCUT2D eigenvalue weighted by molar-refractivity contribution is 5.73. The van der Waals surface area contributed by atoms with Gasteiger partial charge in [-0.15, -0.1) is 0 Å². The molecule has 7 heteroatoms. The van der Waals surface area contributed by atoms with E-state index in [1.54, 1.807) is 0 Å². The second kappa shape index (κ2) is 7.98. The van der Waals surface area contributed by atoms with Crippen molar-refractivity contribution < 1.29 is 23.9 Å². The number of nitro benzene ring substituents is 1. The van der Waals surface area contributed by atoms with Crippen LogP contribution in [0.3, 0.4) is 0 Å². The summed E-state index contributed by atoms with van der Waals surface area (Å²) in [5.41, 5.74) is 4.60. The third-order valence-corrected chi connectivity index (χ3v) is 5.13. The number of nitro groups is 1. The molecular weight excluding hydrogens is 362 g/mol. The standard InChI is InChI=1S/C21H21NO6/c23-20(8-14-5-6-15-3-1-2-4-16(15)7-14)27-12-18-10-19(22(24)25)9-17-11-26-13-28-21(17)18/h5-7,9-10H,1-4,8,11-13H2. The quantitative estimate of drug-likeness (QED) is 0.445. The van der Waals surface area contributed by atoms with Gasteiger partial charge in [-0.1, -0.05) is 18.2 Å². The molecule has 2 aromatic carbocycles. The number of hydrogen-bond donors (Lipinski definition) is 0. The molecule has 28 heavy (non-hydrogen) atoms. The summed E-state index contributed by atoms with van der Waals surface area (Å²) in [6.45, 7) is 0.224. The fraction of sp³-hybridized carbons (Fsp3) is 0.381. The Morgan fingerprint density at radius 2 is 1.93 bits per heavy atom. The average molecular weight is 383 g/mol. The molecule has 2 aliphatic rings. The summed E-state index contributed by atoms with van der Waals surface area (Å²) in [6.07, 6.45) is 4.73. The highest BCUT2D eigenvalue weighted by atomic mass is 16.7. The van der Waals surface area contributed by atoms with Crippen LogP contribution in [0.4, 0.5) is 5.69 Å². The molecule has 1 aliphatic carbocycles. The summed E-state index contributed by atoms with van der Waals surface area (Å²) in [6, 6.07) is 8.97. The Bertz CT molecular complexity index is 923. The molecule has 0 amide bonds. The number of hydrogen-bond acceptors (Lipinski definition) is 6. The van der Waals surface area contributed by atoms with Crippen molar-refractivity contribution in [2.24, 2.45) is 0 Å². The highest BCUT2D eigenvalue weighted by Crippen LogP contribution is 2.33. The third kappa shape index (κ3) is 3.99. The van der Waals surface area contributed by atoms with Gasteiger partial charge in [0.1, 0.15) is 12.4 Å². The number of nitrogens with zero attached hydrogens (tertiary/aromatic N) is 1.